The Labute approximate surface area is 136 Å². The van der Waals surface area contributed by atoms with E-state index in [1.807, 2.05) is 11.3 Å². The number of rotatable bonds is 7. The summed E-state index contributed by atoms with van der Waals surface area (Å²) in [7, 11) is 2.06. The van der Waals surface area contributed by atoms with Crippen LogP contribution in [0.15, 0.2) is 22.9 Å². The Bertz CT molecular complexity index is 523. The highest BCUT2D eigenvalue weighted by Crippen LogP contribution is 2.25. The second-order valence-corrected chi connectivity index (χ2v) is 8.51. The highest BCUT2D eigenvalue weighted by atomic mass is 32.1. The fraction of sp³-hybridized carbons (Fsp3) is 0.588. The molecule has 1 atom stereocenters. The SMILES string of the molecule is CNC(CCCc1cccs1)Cc1nc(C(C)(C)C)cs1. The predicted molar refractivity (Wildman–Crippen MR) is 94.6 cm³/mol. The number of likely N-dealkylation sites (N-methyl/N-ethyl adjacent to an activating group) is 1. The molecule has 0 radical (unpaired) electrons. The lowest BCUT2D eigenvalue weighted by Crippen LogP contribution is -2.27. The second-order valence-electron chi connectivity index (χ2n) is 6.54. The molecule has 2 aromatic heterocycles. The van der Waals surface area contributed by atoms with Gasteiger partial charge < -0.3 is 5.32 Å². The highest BCUT2D eigenvalue weighted by Gasteiger charge is 2.18. The van der Waals surface area contributed by atoms with Crippen molar-refractivity contribution in [2.75, 3.05) is 7.05 Å². The van der Waals surface area contributed by atoms with Gasteiger partial charge in [-0.05, 0) is 37.8 Å². The van der Waals surface area contributed by atoms with E-state index in [-0.39, 0.29) is 5.41 Å². The molecule has 0 aromatic carbocycles. The van der Waals surface area contributed by atoms with Crippen LogP contribution in [0.1, 0.15) is 49.2 Å². The van der Waals surface area contributed by atoms with Gasteiger partial charge in [0.05, 0.1) is 10.7 Å². The third-order valence-corrected chi connectivity index (χ3v) is 5.51. The summed E-state index contributed by atoms with van der Waals surface area (Å²) in [5.41, 5.74) is 1.37. The molecule has 0 fully saturated rings. The van der Waals surface area contributed by atoms with E-state index in [4.69, 9.17) is 4.98 Å². The Balaban J connectivity index is 1.82. The lowest BCUT2D eigenvalue weighted by molar-refractivity contribution is 0.499. The van der Waals surface area contributed by atoms with E-state index in [1.54, 1.807) is 11.3 Å². The van der Waals surface area contributed by atoms with E-state index < -0.39 is 0 Å². The Hall–Kier alpha value is -0.710. The molecule has 0 aliphatic carbocycles. The van der Waals surface area contributed by atoms with Crippen LogP contribution in [0.4, 0.5) is 0 Å². The molecule has 0 aliphatic rings. The molecule has 0 saturated carbocycles. The largest absolute Gasteiger partial charge is 0.317 e. The maximum absolute atomic E-state index is 4.81. The first-order valence-corrected chi connectivity index (χ1v) is 9.39. The molecule has 0 spiro atoms. The molecule has 4 heteroatoms. The van der Waals surface area contributed by atoms with Crippen LogP contribution in [0.25, 0.3) is 0 Å². The molecule has 0 aliphatic heterocycles. The van der Waals surface area contributed by atoms with Crippen molar-refractivity contribution in [2.45, 2.75) is 57.9 Å². The average molecular weight is 323 g/mol. The van der Waals surface area contributed by atoms with Crippen molar-refractivity contribution < 1.29 is 0 Å². The molecule has 0 bridgehead atoms. The van der Waals surface area contributed by atoms with Crippen LogP contribution < -0.4 is 5.32 Å². The number of aryl methyl sites for hydroxylation is 1. The zero-order valence-electron chi connectivity index (χ0n) is 13.5. The van der Waals surface area contributed by atoms with Crippen LogP contribution >= 0.6 is 22.7 Å². The summed E-state index contributed by atoms with van der Waals surface area (Å²) < 4.78 is 0. The molecule has 1 N–H and O–H groups in total. The highest BCUT2D eigenvalue weighted by molar-refractivity contribution is 7.10. The minimum Gasteiger partial charge on any atom is -0.317 e. The average Bonchev–Trinajstić information content (AvgIpc) is 3.07. The van der Waals surface area contributed by atoms with Crippen molar-refractivity contribution in [3.63, 3.8) is 0 Å². The molecule has 2 rings (SSSR count). The first-order valence-electron chi connectivity index (χ1n) is 7.63. The molecule has 2 nitrogen and oxygen atoms in total. The van der Waals surface area contributed by atoms with Gasteiger partial charge in [-0.15, -0.1) is 22.7 Å². The molecular formula is C17H26N2S2. The van der Waals surface area contributed by atoms with Crippen LogP contribution in [0, 0.1) is 0 Å². The Morgan fingerprint density at radius 3 is 2.67 bits per heavy atom. The summed E-state index contributed by atoms with van der Waals surface area (Å²) >= 11 is 3.66. The van der Waals surface area contributed by atoms with Gasteiger partial charge in [-0.2, -0.15) is 0 Å². The van der Waals surface area contributed by atoms with E-state index >= 15 is 0 Å². The van der Waals surface area contributed by atoms with Gasteiger partial charge in [-0.25, -0.2) is 4.98 Å². The van der Waals surface area contributed by atoms with Gasteiger partial charge in [0.25, 0.3) is 0 Å². The fourth-order valence-electron chi connectivity index (χ4n) is 2.29. The summed E-state index contributed by atoms with van der Waals surface area (Å²) in [6, 6.07) is 4.90. The van der Waals surface area contributed by atoms with Crippen molar-refractivity contribution in [2.24, 2.45) is 0 Å². The number of hydrogen-bond donors (Lipinski definition) is 1. The molecular weight excluding hydrogens is 296 g/mol. The number of nitrogens with zero attached hydrogens (tertiary/aromatic N) is 1. The van der Waals surface area contributed by atoms with Gasteiger partial charge in [0, 0.05) is 28.1 Å². The van der Waals surface area contributed by atoms with Crippen LogP contribution in [0.2, 0.25) is 0 Å². The lowest BCUT2D eigenvalue weighted by atomic mass is 9.93. The van der Waals surface area contributed by atoms with Crippen LogP contribution in [0.5, 0.6) is 0 Å². The third-order valence-electron chi connectivity index (χ3n) is 3.71. The summed E-state index contributed by atoms with van der Waals surface area (Å²) in [6.07, 6.45) is 4.69. The fourth-order valence-corrected chi connectivity index (χ4v) is 4.14. The van der Waals surface area contributed by atoms with Gasteiger partial charge in [0.2, 0.25) is 0 Å². The van der Waals surface area contributed by atoms with E-state index in [9.17, 15) is 0 Å². The maximum Gasteiger partial charge on any atom is 0.0944 e. The number of hydrogen-bond acceptors (Lipinski definition) is 4. The minimum atomic E-state index is 0.156. The first kappa shape index (κ1) is 16.7. The lowest BCUT2D eigenvalue weighted by Gasteiger charge is -2.16. The van der Waals surface area contributed by atoms with Crippen molar-refractivity contribution in [3.8, 4) is 0 Å². The molecule has 116 valence electrons. The van der Waals surface area contributed by atoms with E-state index in [0.29, 0.717) is 6.04 Å². The minimum absolute atomic E-state index is 0.156. The molecule has 2 aromatic rings. The smallest absolute Gasteiger partial charge is 0.0944 e. The van der Waals surface area contributed by atoms with Crippen molar-refractivity contribution >= 4 is 22.7 Å². The van der Waals surface area contributed by atoms with Crippen molar-refractivity contribution in [3.05, 3.63) is 38.5 Å². The van der Waals surface area contributed by atoms with E-state index in [0.717, 1.165) is 6.42 Å². The number of nitrogens with one attached hydrogen (secondary N) is 1. The molecule has 2 heterocycles. The molecule has 21 heavy (non-hydrogen) atoms. The van der Waals surface area contributed by atoms with Crippen molar-refractivity contribution in [1.29, 1.82) is 0 Å². The number of thiazole rings is 1. The first-order chi connectivity index (χ1) is 9.99. The van der Waals surface area contributed by atoms with Crippen LogP contribution in [0.3, 0.4) is 0 Å². The monoisotopic (exact) mass is 322 g/mol. The van der Waals surface area contributed by atoms with Gasteiger partial charge in [-0.3, -0.25) is 0 Å². The van der Waals surface area contributed by atoms with Crippen molar-refractivity contribution in [1.82, 2.24) is 10.3 Å². The zero-order valence-corrected chi connectivity index (χ0v) is 15.1. The van der Waals surface area contributed by atoms with Gasteiger partial charge in [-0.1, -0.05) is 26.8 Å². The van der Waals surface area contributed by atoms with Gasteiger partial charge in [0.15, 0.2) is 0 Å². The summed E-state index contributed by atoms with van der Waals surface area (Å²) in [5.74, 6) is 0. The maximum atomic E-state index is 4.81. The second kappa shape index (κ2) is 7.52. The standard InChI is InChI=1S/C17H26N2S2/c1-17(2,3)15-12-21-16(19-15)11-13(18-4)7-5-8-14-9-6-10-20-14/h6,9-10,12-13,18H,5,7-8,11H2,1-4H3. The summed E-state index contributed by atoms with van der Waals surface area (Å²) in [6.45, 7) is 6.67. The van der Waals surface area contributed by atoms with E-state index in [2.05, 4.69) is 56.0 Å². The Morgan fingerprint density at radius 1 is 1.29 bits per heavy atom. The Kier molecular flexibility index (Phi) is 5.97. The normalized spacial score (nSPS) is 13.5. The number of thiophene rings is 1. The molecule has 1 unspecified atom stereocenters. The quantitative estimate of drug-likeness (QED) is 0.802. The van der Waals surface area contributed by atoms with Crippen LogP contribution in [-0.2, 0) is 18.3 Å². The van der Waals surface area contributed by atoms with E-state index in [1.165, 1.54) is 34.8 Å². The topological polar surface area (TPSA) is 24.9 Å². The number of aromatic nitrogens is 1. The molecule has 0 amide bonds. The third kappa shape index (κ3) is 5.20. The summed E-state index contributed by atoms with van der Waals surface area (Å²) in [5, 5.41) is 9.09. The Morgan fingerprint density at radius 2 is 2.10 bits per heavy atom. The summed E-state index contributed by atoms with van der Waals surface area (Å²) in [4.78, 5) is 6.30. The predicted octanol–water partition coefficient (Wildman–Crippen LogP) is 4.66. The molecule has 0 saturated heterocycles. The van der Waals surface area contributed by atoms with Gasteiger partial charge in [0.1, 0.15) is 0 Å². The van der Waals surface area contributed by atoms with Gasteiger partial charge >= 0.3 is 0 Å². The van der Waals surface area contributed by atoms with Crippen LogP contribution in [-0.4, -0.2) is 18.1 Å². The zero-order chi connectivity index (χ0) is 15.3.